The summed E-state index contributed by atoms with van der Waals surface area (Å²) >= 11 is 12.2. The van der Waals surface area contributed by atoms with Gasteiger partial charge < -0.3 is 19.9 Å². The van der Waals surface area contributed by atoms with E-state index in [1.165, 1.54) is 0 Å². The van der Waals surface area contributed by atoms with Crippen LogP contribution in [0, 0.1) is 18.3 Å². The number of amides is 1. The van der Waals surface area contributed by atoms with Crippen molar-refractivity contribution in [1.29, 1.82) is 5.26 Å². The molecule has 1 aromatic carbocycles. The maximum Gasteiger partial charge on any atom is 0.273 e. The second kappa shape index (κ2) is 7.36. The summed E-state index contributed by atoms with van der Waals surface area (Å²) in [5, 5.41) is 12.5. The molecule has 0 unspecified atom stereocenters. The molecule has 0 spiro atoms. The molecule has 1 aliphatic heterocycles. The van der Waals surface area contributed by atoms with Crippen LogP contribution in [0.2, 0.25) is 10.0 Å². The van der Waals surface area contributed by atoms with Gasteiger partial charge >= 0.3 is 0 Å². The Balaban J connectivity index is 1.92. The molecule has 8 heteroatoms. The first kappa shape index (κ1) is 17.6. The molecule has 0 saturated carbocycles. The number of H-pyrrole nitrogens is 1. The topological polar surface area (TPSA) is 81.2 Å². The van der Waals surface area contributed by atoms with E-state index < -0.39 is 0 Å². The van der Waals surface area contributed by atoms with Gasteiger partial charge in [0, 0.05) is 18.8 Å². The zero-order chi connectivity index (χ0) is 18.0. The number of anilines is 2. The first-order valence-corrected chi connectivity index (χ1v) is 8.48. The largest absolute Gasteiger partial charge is 0.378 e. The third kappa shape index (κ3) is 3.59. The van der Waals surface area contributed by atoms with Crippen LogP contribution in [0.5, 0.6) is 0 Å². The second-order valence-electron chi connectivity index (χ2n) is 5.65. The van der Waals surface area contributed by atoms with Crippen molar-refractivity contribution in [3.05, 3.63) is 45.2 Å². The molecule has 2 N–H and O–H groups in total. The molecule has 1 aliphatic rings. The lowest BCUT2D eigenvalue weighted by molar-refractivity contribution is 0.102. The number of nitrogens with one attached hydrogen (secondary N) is 2. The summed E-state index contributed by atoms with van der Waals surface area (Å²) < 4.78 is 5.37. The van der Waals surface area contributed by atoms with Gasteiger partial charge in [0.1, 0.15) is 5.69 Å². The molecule has 0 aliphatic carbocycles. The summed E-state index contributed by atoms with van der Waals surface area (Å²) in [5.74, 6) is -0.390. The van der Waals surface area contributed by atoms with E-state index in [2.05, 4.69) is 21.3 Å². The summed E-state index contributed by atoms with van der Waals surface area (Å²) in [5.41, 5.74) is 2.74. The van der Waals surface area contributed by atoms with Crippen LogP contribution in [0.15, 0.2) is 18.2 Å². The lowest BCUT2D eigenvalue weighted by atomic mass is 10.1. The smallest absolute Gasteiger partial charge is 0.273 e. The fraction of sp³-hybridized carbons (Fsp3) is 0.294. The summed E-state index contributed by atoms with van der Waals surface area (Å²) in [7, 11) is 0. The molecule has 2 aromatic rings. The van der Waals surface area contributed by atoms with E-state index in [1.54, 1.807) is 25.1 Å². The summed E-state index contributed by atoms with van der Waals surface area (Å²) in [6.07, 6.45) is 0. The second-order valence-corrected chi connectivity index (χ2v) is 6.41. The van der Waals surface area contributed by atoms with Gasteiger partial charge in [0.15, 0.2) is 0 Å². The highest BCUT2D eigenvalue weighted by Gasteiger charge is 2.21. The number of rotatable bonds is 3. The van der Waals surface area contributed by atoms with Crippen LogP contribution in [0.25, 0.3) is 0 Å². The predicted molar refractivity (Wildman–Crippen MR) is 97.7 cm³/mol. The minimum Gasteiger partial charge on any atom is -0.378 e. The van der Waals surface area contributed by atoms with Crippen molar-refractivity contribution in [2.75, 3.05) is 36.5 Å². The van der Waals surface area contributed by atoms with E-state index in [1.807, 2.05) is 0 Å². The van der Waals surface area contributed by atoms with Gasteiger partial charge in [-0.05, 0) is 25.1 Å². The lowest BCUT2D eigenvalue weighted by Gasteiger charge is -2.30. The number of aromatic amines is 1. The standard InChI is InChI=1S/C17H16Cl2N4O2/c1-10-14(18)15(19)16(21-10)17(24)22-12-3-2-11(9-20)8-13(12)23-4-6-25-7-5-23/h2-3,8,21H,4-7H2,1H3,(H,22,24). The van der Waals surface area contributed by atoms with Gasteiger partial charge in [-0.1, -0.05) is 23.2 Å². The number of carbonyl (C=O) groups excluding carboxylic acids is 1. The lowest BCUT2D eigenvalue weighted by Crippen LogP contribution is -2.36. The minimum absolute atomic E-state index is 0.193. The zero-order valence-electron chi connectivity index (χ0n) is 13.5. The number of ether oxygens (including phenoxy) is 1. The number of nitrogens with zero attached hydrogens (tertiary/aromatic N) is 2. The molecule has 1 saturated heterocycles. The Kier molecular flexibility index (Phi) is 5.19. The highest BCUT2D eigenvalue weighted by atomic mass is 35.5. The molecular weight excluding hydrogens is 363 g/mol. The normalized spacial score (nSPS) is 14.2. The van der Waals surface area contributed by atoms with Gasteiger partial charge in [-0.2, -0.15) is 5.26 Å². The fourth-order valence-electron chi connectivity index (χ4n) is 2.69. The maximum absolute atomic E-state index is 12.6. The monoisotopic (exact) mass is 378 g/mol. The molecule has 2 heterocycles. The van der Waals surface area contributed by atoms with Gasteiger partial charge in [0.25, 0.3) is 5.91 Å². The molecule has 130 valence electrons. The van der Waals surface area contributed by atoms with E-state index in [-0.39, 0.29) is 16.6 Å². The first-order chi connectivity index (χ1) is 12.0. The van der Waals surface area contributed by atoms with Crippen molar-refractivity contribution >= 4 is 40.5 Å². The Hall–Kier alpha value is -2.20. The molecule has 0 atom stereocenters. The molecule has 0 radical (unpaired) electrons. The SMILES string of the molecule is Cc1[nH]c(C(=O)Nc2ccc(C#N)cc2N2CCOCC2)c(Cl)c1Cl. The van der Waals surface area contributed by atoms with Crippen LogP contribution >= 0.6 is 23.2 Å². The Bertz CT molecular complexity index is 851. The van der Waals surface area contributed by atoms with Crippen molar-refractivity contribution in [3.63, 3.8) is 0 Å². The van der Waals surface area contributed by atoms with Crippen LogP contribution in [0.4, 0.5) is 11.4 Å². The van der Waals surface area contributed by atoms with Gasteiger partial charge in [0.2, 0.25) is 0 Å². The average molecular weight is 379 g/mol. The van der Waals surface area contributed by atoms with Crippen LogP contribution in [0.3, 0.4) is 0 Å². The van der Waals surface area contributed by atoms with Crippen molar-refractivity contribution in [2.45, 2.75) is 6.92 Å². The van der Waals surface area contributed by atoms with E-state index in [0.29, 0.717) is 48.3 Å². The number of benzene rings is 1. The van der Waals surface area contributed by atoms with E-state index >= 15 is 0 Å². The van der Waals surface area contributed by atoms with Gasteiger partial charge in [-0.15, -0.1) is 0 Å². The Morgan fingerprint density at radius 1 is 1.32 bits per heavy atom. The van der Waals surface area contributed by atoms with Crippen LogP contribution in [-0.2, 0) is 4.74 Å². The molecular formula is C17H16Cl2N4O2. The third-order valence-corrected chi connectivity index (χ3v) is 4.95. The number of halogens is 2. The summed E-state index contributed by atoms with van der Waals surface area (Å²) in [6, 6.07) is 7.26. The van der Waals surface area contributed by atoms with Crippen molar-refractivity contribution in [1.82, 2.24) is 4.98 Å². The minimum atomic E-state index is -0.390. The van der Waals surface area contributed by atoms with Crippen LogP contribution in [-0.4, -0.2) is 37.2 Å². The highest BCUT2D eigenvalue weighted by molar-refractivity contribution is 6.44. The summed E-state index contributed by atoms with van der Waals surface area (Å²) in [6.45, 7) is 4.31. The van der Waals surface area contributed by atoms with Crippen molar-refractivity contribution in [2.24, 2.45) is 0 Å². The van der Waals surface area contributed by atoms with E-state index in [9.17, 15) is 4.79 Å². The quantitative estimate of drug-likeness (QED) is 0.854. The number of hydrogen-bond acceptors (Lipinski definition) is 4. The van der Waals surface area contributed by atoms with Crippen molar-refractivity contribution in [3.8, 4) is 6.07 Å². The number of aromatic nitrogens is 1. The number of aryl methyl sites for hydroxylation is 1. The van der Waals surface area contributed by atoms with E-state index in [0.717, 1.165) is 5.69 Å². The molecule has 6 nitrogen and oxygen atoms in total. The summed E-state index contributed by atoms with van der Waals surface area (Å²) in [4.78, 5) is 17.6. The number of hydrogen-bond donors (Lipinski definition) is 2. The number of carbonyl (C=O) groups is 1. The van der Waals surface area contributed by atoms with Crippen LogP contribution < -0.4 is 10.2 Å². The zero-order valence-corrected chi connectivity index (χ0v) is 15.0. The molecule has 1 fully saturated rings. The molecule has 3 rings (SSSR count). The van der Waals surface area contributed by atoms with Gasteiger partial charge in [-0.25, -0.2) is 0 Å². The molecule has 1 amide bonds. The van der Waals surface area contributed by atoms with Crippen molar-refractivity contribution < 1.29 is 9.53 Å². The Labute approximate surface area is 155 Å². The predicted octanol–water partition coefficient (Wildman–Crippen LogP) is 3.59. The Morgan fingerprint density at radius 3 is 2.64 bits per heavy atom. The van der Waals surface area contributed by atoms with Gasteiger partial charge in [0.05, 0.1) is 46.3 Å². The molecule has 25 heavy (non-hydrogen) atoms. The highest BCUT2D eigenvalue weighted by Crippen LogP contribution is 2.32. The fourth-order valence-corrected chi connectivity index (χ4v) is 3.10. The maximum atomic E-state index is 12.6. The van der Waals surface area contributed by atoms with Gasteiger partial charge in [-0.3, -0.25) is 4.79 Å². The molecule has 1 aromatic heterocycles. The van der Waals surface area contributed by atoms with E-state index in [4.69, 9.17) is 33.2 Å². The number of morpholine rings is 1. The third-order valence-electron chi connectivity index (χ3n) is 4.01. The molecule has 0 bridgehead atoms. The number of nitriles is 1. The first-order valence-electron chi connectivity index (χ1n) is 7.73. The average Bonchev–Trinajstić information content (AvgIpc) is 2.90. The van der Waals surface area contributed by atoms with Crippen LogP contribution in [0.1, 0.15) is 21.7 Å². The Morgan fingerprint density at radius 2 is 2.04 bits per heavy atom.